The van der Waals surface area contributed by atoms with Crippen molar-refractivity contribution in [1.29, 1.82) is 0 Å². The summed E-state index contributed by atoms with van der Waals surface area (Å²) < 4.78 is 16.8. The molecule has 0 fully saturated rings. The van der Waals surface area contributed by atoms with E-state index in [1.165, 1.54) is 167 Å². The minimum atomic E-state index is -0.776. The number of rotatable bonds is 58. The molecule has 0 spiro atoms. The van der Waals surface area contributed by atoms with Gasteiger partial charge in [0.2, 0.25) is 0 Å². The lowest BCUT2D eigenvalue weighted by Crippen LogP contribution is -2.30. The van der Waals surface area contributed by atoms with Crippen LogP contribution in [0.1, 0.15) is 323 Å². The van der Waals surface area contributed by atoms with Crippen molar-refractivity contribution < 1.29 is 28.6 Å². The smallest absolute Gasteiger partial charge is 0.306 e. The molecule has 0 rings (SSSR count). The van der Waals surface area contributed by atoms with E-state index in [-0.39, 0.29) is 31.1 Å². The van der Waals surface area contributed by atoms with E-state index in [0.717, 1.165) is 116 Å². The van der Waals surface area contributed by atoms with E-state index >= 15 is 0 Å². The van der Waals surface area contributed by atoms with E-state index in [9.17, 15) is 14.4 Å². The van der Waals surface area contributed by atoms with Crippen LogP contribution >= 0.6 is 0 Å². The summed E-state index contributed by atoms with van der Waals surface area (Å²) in [6, 6.07) is 0. The van der Waals surface area contributed by atoms with Gasteiger partial charge in [-0.3, -0.25) is 14.4 Å². The second-order valence-electron chi connectivity index (χ2n) is 21.3. The van der Waals surface area contributed by atoms with Crippen molar-refractivity contribution in [3.63, 3.8) is 0 Å². The lowest BCUT2D eigenvalue weighted by atomic mass is 10.0. The highest BCUT2D eigenvalue weighted by atomic mass is 16.6. The highest BCUT2D eigenvalue weighted by Crippen LogP contribution is 2.17. The SMILES string of the molecule is CC/C=C\C/C=C\C/C=C\C/C=C\CCCCCCCCCCCCCCCCCCCCCCCCC(=O)OCC(COC(=O)CCCCCCCCCC)OC(=O)CCCCCCC/C=C\C/C=C\CCC. The van der Waals surface area contributed by atoms with Gasteiger partial charge in [-0.25, -0.2) is 0 Å². The van der Waals surface area contributed by atoms with Gasteiger partial charge in [0.15, 0.2) is 6.10 Å². The van der Waals surface area contributed by atoms with Gasteiger partial charge in [0.05, 0.1) is 0 Å². The maximum atomic E-state index is 12.8. The van der Waals surface area contributed by atoms with Crippen LogP contribution in [0.4, 0.5) is 0 Å². The Kier molecular flexibility index (Phi) is 59.7. The van der Waals surface area contributed by atoms with E-state index in [4.69, 9.17) is 14.2 Å². The number of carbonyl (C=O) groups is 3. The molecule has 0 radical (unpaired) electrons. The van der Waals surface area contributed by atoms with Crippen LogP contribution in [0.15, 0.2) is 72.9 Å². The molecule has 0 aliphatic carbocycles. The topological polar surface area (TPSA) is 78.9 Å². The first-order chi connectivity index (χ1) is 36.5. The number of hydrogen-bond acceptors (Lipinski definition) is 6. The van der Waals surface area contributed by atoms with Crippen molar-refractivity contribution in [2.45, 2.75) is 329 Å². The van der Waals surface area contributed by atoms with Gasteiger partial charge in [0, 0.05) is 19.3 Å². The molecule has 0 aromatic rings. The molecule has 0 saturated heterocycles. The number of hydrogen-bond donors (Lipinski definition) is 0. The zero-order valence-electron chi connectivity index (χ0n) is 49.1. The van der Waals surface area contributed by atoms with Crippen LogP contribution < -0.4 is 0 Å². The number of carbonyl (C=O) groups excluding carboxylic acids is 3. The summed E-state index contributed by atoms with van der Waals surface area (Å²) in [5.74, 6) is -0.882. The van der Waals surface area contributed by atoms with Crippen LogP contribution in [0.3, 0.4) is 0 Å². The van der Waals surface area contributed by atoms with Gasteiger partial charge >= 0.3 is 17.9 Å². The maximum Gasteiger partial charge on any atom is 0.306 e. The highest BCUT2D eigenvalue weighted by Gasteiger charge is 2.19. The minimum absolute atomic E-state index is 0.0760. The summed E-state index contributed by atoms with van der Waals surface area (Å²) in [7, 11) is 0. The van der Waals surface area contributed by atoms with Crippen molar-refractivity contribution in [2.24, 2.45) is 0 Å². The van der Waals surface area contributed by atoms with Gasteiger partial charge in [-0.2, -0.15) is 0 Å². The summed E-state index contributed by atoms with van der Waals surface area (Å²) in [6.07, 6.45) is 81.0. The Morgan fingerprint density at radius 2 is 0.554 bits per heavy atom. The molecule has 0 aromatic heterocycles. The molecule has 0 saturated carbocycles. The second kappa shape index (κ2) is 62.4. The average molecular weight is 1030 g/mol. The summed E-state index contributed by atoms with van der Waals surface area (Å²) in [5.41, 5.74) is 0. The summed E-state index contributed by atoms with van der Waals surface area (Å²) in [6.45, 7) is 6.45. The average Bonchev–Trinajstić information content (AvgIpc) is 3.40. The zero-order chi connectivity index (χ0) is 53.6. The number of unbranched alkanes of at least 4 members (excludes halogenated alkanes) is 35. The molecule has 0 N–H and O–H groups in total. The summed E-state index contributed by atoms with van der Waals surface area (Å²) in [4.78, 5) is 38.0. The molecule has 0 amide bonds. The molecule has 6 nitrogen and oxygen atoms in total. The second-order valence-corrected chi connectivity index (χ2v) is 21.3. The number of ether oxygens (including phenoxy) is 3. The van der Waals surface area contributed by atoms with Crippen molar-refractivity contribution in [1.82, 2.24) is 0 Å². The Balaban J connectivity index is 3.95. The molecule has 1 unspecified atom stereocenters. The highest BCUT2D eigenvalue weighted by molar-refractivity contribution is 5.71. The predicted octanol–water partition coefficient (Wildman–Crippen LogP) is 21.7. The van der Waals surface area contributed by atoms with Gasteiger partial charge in [-0.1, -0.05) is 293 Å². The van der Waals surface area contributed by atoms with Gasteiger partial charge in [0.1, 0.15) is 13.2 Å². The van der Waals surface area contributed by atoms with Gasteiger partial charge < -0.3 is 14.2 Å². The molecule has 0 heterocycles. The van der Waals surface area contributed by atoms with Crippen LogP contribution in [-0.4, -0.2) is 37.2 Å². The number of allylic oxidation sites excluding steroid dienone is 12. The van der Waals surface area contributed by atoms with Crippen molar-refractivity contribution >= 4 is 17.9 Å². The third-order valence-corrected chi connectivity index (χ3v) is 13.9. The molecule has 0 bridgehead atoms. The first kappa shape index (κ1) is 70.8. The minimum Gasteiger partial charge on any atom is -0.462 e. The normalized spacial score (nSPS) is 12.5. The number of esters is 3. The molecule has 428 valence electrons. The lowest BCUT2D eigenvalue weighted by Gasteiger charge is -2.18. The van der Waals surface area contributed by atoms with E-state index in [1.807, 2.05) is 0 Å². The van der Waals surface area contributed by atoms with Crippen LogP contribution in [-0.2, 0) is 28.6 Å². The fourth-order valence-electron chi connectivity index (χ4n) is 9.18. The van der Waals surface area contributed by atoms with Crippen molar-refractivity contribution in [3.8, 4) is 0 Å². The fourth-order valence-corrected chi connectivity index (χ4v) is 9.18. The largest absolute Gasteiger partial charge is 0.462 e. The third-order valence-electron chi connectivity index (χ3n) is 13.9. The quantitative estimate of drug-likeness (QED) is 0.0261. The Labute approximate surface area is 459 Å². The maximum absolute atomic E-state index is 12.8. The predicted molar refractivity (Wildman–Crippen MR) is 321 cm³/mol. The first-order valence-corrected chi connectivity index (χ1v) is 31.9. The molecule has 0 aliphatic heterocycles. The molecule has 0 aliphatic rings. The molecule has 0 aromatic carbocycles. The molecule has 1 atom stereocenters. The van der Waals surface area contributed by atoms with E-state index in [1.54, 1.807) is 0 Å². The molecule has 74 heavy (non-hydrogen) atoms. The van der Waals surface area contributed by atoms with Crippen LogP contribution in [0.2, 0.25) is 0 Å². The van der Waals surface area contributed by atoms with Crippen LogP contribution in [0.25, 0.3) is 0 Å². The summed E-state index contributed by atoms with van der Waals surface area (Å²) in [5, 5.41) is 0. The molecular formula is C68H120O6. The first-order valence-electron chi connectivity index (χ1n) is 31.9. The van der Waals surface area contributed by atoms with E-state index < -0.39 is 6.10 Å². The lowest BCUT2D eigenvalue weighted by molar-refractivity contribution is -0.167. The monoisotopic (exact) mass is 1030 g/mol. The van der Waals surface area contributed by atoms with Gasteiger partial charge in [0.25, 0.3) is 0 Å². The van der Waals surface area contributed by atoms with Gasteiger partial charge in [-0.05, 0) is 83.5 Å². The van der Waals surface area contributed by atoms with E-state index in [2.05, 4.69) is 93.7 Å². The van der Waals surface area contributed by atoms with Crippen molar-refractivity contribution in [2.75, 3.05) is 13.2 Å². The molecule has 6 heteroatoms. The Morgan fingerprint density at radius 1 is 0.284 bits per heavy atom. The van der Waals surface area contributed by atoms with Crippen LogP contribution in [0.5, 0.6) is 0 Å². The Bertz CT molecular complexity index is 1370. The van der Waals surface area contributed by atoms with E-state index in [0.29, 0.717) is 19.3 Å². The van der Waals surface area contributed by atoms with Crippen LogP contribution in [0, 0.1) is 0 Å². The fraction of sp³-hybridized carbons (Fsp3) is 0.779. The molecular weight excluding hydrogens is 913 g/mol. The summed E-state index contributed by atoms with van der Waals surface area (Å²) >= 11 is 0. The Hall–Kier alpha value is -3.15. The third kappa shape index (κ3) is 59.7. The Morgan fingerprint density at radius 3 is 0.878 bits per heavy atom. The van der Waals surface area contributed by atoms with Gasteiger partial charge in [-0.15, -0.1) is 0 Å². The standard InChI is InChI=1S/C68H120O6/c1-4-7-10-13-16-19-21-23-24-25-26-27-28-29-30-31-32-33-34-35-36-37-38-39-40-41-42-43-44-46-47-49-52-55-58-61-67(70)73-64-65(63-72-66(69)60-57-54-51-18-15-12-9-6-3)74-68(71)62-59-56-53-50-48-45-22-20-17-14-11-8-5-2/h7,10-11,14,16,19-20,22-24,26-27,65H,4-6,8-9,12-13,15,17-18,21,25,28-64H2,1-3H3/b10-7-,14-11-,19-16-,22-20-,24-23-,27-26-. The zero-order valence-corrected chi connectivity index (χ0v) is 49.1. The van der Waals surface area contributed by atoms with Crippen molar-refractivity contribution in [3.05, 3.63) is 72.9 Å².